The fourth-order valence-electron chi connectivity index (χ4n) is 1.40. The number of esters is 2. The Morgan fingerprint density at radius 1 is 0.769 bits per heavy atom. The average molecular weight is 362 g/mol. The molecular weight excluding hydrogens is 332 g/mol. The zero-order valence-corrected chi connectivity index (χ0v) is 16.7. The van der Waals surface area contributed by atoms with Crippen molar-refractivity contribution in [3.05, 3.63) is 60.2 Å². The molecule has 144 valence electrons. The van der Waals surface area contributed by atoms with Crippen LogP contribution in [0.15, 0.2) is 54.6 Å². The van der Waals surface area contributed by atoms with Gasteiger partial charge in [0.05, 0.1) is 19.8 Å². The Kier molecular flexibility index (Phi) is 16.6. The van der Waals surface area contributed by atoms with Crippen molar-refractivity contribution in [1.29, 1.82) is 0 Å². The van der Waals surface area contributed by atoms with E-state index in [1.807, 2.05) is 33.8 Å². The molecule has 0 fully saturated rings. The van der Waals surface area contributed by atoms with E-state index >= 15 is 0 Å². The van der Waals surface area contributed by atoms with Gasteiger partial charge in [-0.05, 0) is 24.3 Å². The summed E-state index contributed by atoms with van der Waals surface area (Å²) in [5.74, 6) is 0.505. The average Bonchev–Trinajstić information content (AvgIpc) is 2.72. The van der Waals surface area contributed by atoms with Gasteiger partial charge in [0, 0.05) is 13.0 Å². The van der Waals surface area contributed by atoms with Crippen molar-refractivity contribution in [2.75, 3.05) is 14.2 Å². The van der Waals surface area contributed by atoms with Crippen LogP contribution in [0.2, 0.25) is 0 Å². The molecule has 0 aliphatic rings. The lowest BCUT2D eigenvalue weighted by atomic mass is 10.2. The summed E-state index contributed by atoms with van der Waals surface area (Å²) in [6.07, 6.45) is 0. The summed E-state index contributed by atoms with van der Waals surface area (Å²) in [5.41, 5.74) is 0.523. The van der Waals surface area contributed by atoms with E-state index < -0.39 is 0 Å². The van der Waals surface area contributed by atoms with Crippen molar-refractivity contribution in [2.45, 2.75) is 34.6 Å². The van der Waals surface area contributed by atoms with Gasteiger partial charge in [-0.25, -0.2) is 4.79 Å². The van der Waals surface area contributed by atoms with Crippen LogP contribution in [0.25, 0.3) is 0 Å². The molecular formula is C21H30O5. The van der Waals surface area contributed by atoms with Crippen LogP contribution in [0, 0.1) is 0 Å². The summed E-state index contributed by atoms with van der Waals surface area (Å²) in [6, 6.07) is 15.8. The molecule has 0 aromatic heterocycles. The van der Waals surface area contributed by atoms with Gasteiger partial charge >= 0.3 is 11.9 Å². The number of hydrogen-bond acceptors (Lipinski definition) is 5. The smallest absolute Gasteiger partial charge is 0.343 e. The fraction of sp³-hybridized carbons (Fsp3) is 0.333. The minimum absolute atomic E-state index is 0.245. The monoisotopic (exact) mass is 362 g/mol. The normalized spacial score (nSPS) is 8.12. The molecule has 2 aromatic carbocycles. The molecule has 5 nitrogen and oxygen atoms in total. The molecule has 0 unspecified atom stereocenters. The zero-order valence-electron chi connectivity index (χ0n) is 16.7. The minimum Gasteiger partial charge on any atom is -0.497 e. The maximum atomic E-state index is 11.8. The van der Waals surface area contributed by atoms with E-state index in [2.05, 4.69) is 4.74 Å². The number of ether oxygens (including phenoxy) is 3. The number of rotatable bonds is 3. The van der Waals surface area contributed by atoms with Crippen LogP contribution in [-0.2, 0) is 9.53 Å². The Labute approximate surface area is 156 Å². The third-order valence-corrected chi connectivity index (χ3v) is 2.55. The Morgan fingerprint density at radius 2 is 1.27 bits per heavy atom. The summed E-state index contributed by atoms with van der Waals surface area (Å²) >= 11 is 0. The Morgan fingerprint density at radius 3 is 1.73 bits per heavy atom. The van der Waals surface area contributed by atoms with E-state index in [0.29, 0.717) is 17.1 Å². The largest absolute Gasteiger partial charge is 0.497 e. The minimum atomic E-state index is -0.376. The lowest BCUT2D eigenvalue weighted by molar-refractivity contribution is -0.137. The van der Waals surface area contributed by atoms with Gasteiger partial charge in [0.25, 0.3) is 0 Å². The number of hydrogen-bond donors (Lipinski definition) is 0. The molecule has 0 amide bonds. The summed E-state index contributed by atoms with van der Waals surface area (Å²) < 4.78 is 14.4. The van der Waals surface area contributed by atoms with Gasteiger partial charge in [-0.3, -0.25) is 4.79 Å². The molecule has 26 heavy (non-hydrogen) atoms. The number of carbonyl (C=O) groups excluding carboxylic acids is 2. The van der Waals surface area contributed by atoms with Crippen LogP contribution in [-0.4, -0.2) is 26.2 Å². The fourth-order valence-corrected chi connectivity index (χ4v) is 1.40. The molecule has 5 heteroatoms. The third-order valence-electron chi connectivity index (χ3n) is 2.55. The van der Waals surface area contributed by atoms with Gasteiger partial charge in [-0.2, -0.15) is 0 Å². The first-order valence-electron chi connectivity index (χ1n) is 8.52. The van der Waals surface area contributed by atoms with E-state index in [1.54, 1.807) is 55.6 Å². The standard InChI is InChI=1S/C14H12O3.C3H6O2.2C2H6/c1-16-12-8-5-9-13(10-12)17-14(15)11-6-3-2-4-7-11;1-3(4)5-2;2*1-2/h2-10H,1H3;1-2H3;2*1-2H3. The van der Waals surface area contributed by atoms with Gasteiger partial charge < -0.3 is 14.2 Å². The summed E-state index contributed by atoms with van der Waals surface area (Å²) in [4.78, 5) is 21.3. The van der Waals surface area contributed by atoms with Crippen LogP contribution < -0.4 is 9.47 Å². The van der Waals surface area contributed by atoms with Crippen LogP contribution in [0.1, 0.15) is 45.0 Å². The van der Waals surface area contributed by atoms with E-state index in [9.17, 15) is 9.59 Å². The van der Waals surface area contributed by atoms with Crippen LogP contribution in [0.5, 0.6) is 11.5 Å². The molecule has 0 atom stereocenters. The molecule has 2 aromatic rings. The van der Waals surface area contributed by atoms with Crippen LogP contribution >= 0.6 is 0 Å². The molecule has 0 saturated heterocycles. The quantitative estimate of drug-likeness (QED) is 0.558. The zero-order chi connectivity index (χ0) is 20.4. The molecule has 0 aliphatic carbocycles. The van der Waals surface area contributed by atoms with E-state index in [4.69, 9.17) is 9.47 Å². The van der Waals surface area contributed by atoms with E-state index in [1.165, 1.54) is 14.0 Å². The predicted molar refractivity (Wildman–Crippen MR) is 105 cm³/mol. The lowest BCUT2D eigenvalue weighted by Crippen LogP contribution is -2.08. The maximum absolute atomic E-state index is 11.8. The molecule has 2 rings (SSSR count). The van der Waals surface area contributed by atoms with Gasteiger partial charge in [-0.15, -0.1) is 0 Å². The molecule has 0 spiro atoms. The third kappa shape index (κ3) is 11.7. The summed E-state index contributed by atoms with van der Waals surface area (Å²) in [7, 11) is 2.92. The molecule has 0 heterocycles. The van der Waals surface area contributed by atoms with Gasteiger partial charge in [-0.1, -0.05) is 52.0 Å². The Balaban J connectivity index is 0. The molecule has 0 N–H and O–H groups in total. The first-order chi connectivity index (χ1) is 12.6. The number of methoxy groups -OCH3 is 2. The van der Waals surface area contributed by atoms with Crippen molar-refractivity contribution >= 4 is 11.9 Å². The van der Waals surface area contributed by atoms with Gasteiger partial charge in [0.15, 0.2) is 0 Å². The number of carbonyl (C=O) groups is 2. The molecule has 0 saturated carbocycles. The summed E-state index contributed by atoms with van der Waals surface area (Å²) in [5, 5.41) is 0. The van der Waals surface area contributed by atoms with Gasteiger partial charge in [0.1, 0.15) is 11.5 Å². The Hall–Kier alpha value is -2.82. The van der Waals surface area contributed by atoms with E-state index in [0.717, 1.165) is 0 Å². The highest BCUT2D eigenvalue weighted by Crippen LogP contribution is 2.19. The predicted octanol–water partition coefficient (Wildman–Crippen LogP) is 5.15. The van der Waals surface area contributed by atoms with Crippen molar-refractivity contribution in [2.24, 2.45) is 0 Å². The topological polar surface area (TPSA) is 61.8 Å². The van der Waals surface area contributed by atoms with Crippen molar-refractivity contribution in [3.63, 3.8) is 0 Å². The molecule has 0 aliphatic heterocycles. The van der Waals surface area contributed by atoms with Crippen LogP contribution in [0.3, 0.4) is 0 Å². The first-order valence-corrected chi connectivity index (χ1v) is 8.52. The highest BCUT2D eigenvalue weighted by molar-refractivity contribution is 5.90. The molecule has 0 bridgehead atoms. The maximum Gasteiger partial charge on any atom is 0.343 e. The van der Waals surface area contributed by atoms with Crippen molar-refractivity contribution < 1.29 is 23.8 Å². The van der Waals surface area contributed by atoms with Crippen molar-refractivity contribution in [3.8, 4) is 11.5 Å². The van der Waals surface area contributed by atoms with Crippen molar-refractivity contribution in [1.82, 2.24) is 0 Å². The molecule has 0 radical (unpaired) electrons. The lowest BCUT2D eigenvalue weighted by Gasteiger charge is -2.05. The second-order valence-electron chi connectivity index (χ2n) is 4.13. The van der Waals surface area contributed by atoms with E-state index in [-0.39, 0.29) is 11.9 Å². The number of benzene rings is 2. The first kappa shape index (κ1) is 25.4. The Bertz CT molecular complexity index is 609. The second kappa shape index (κ2) is 17.0. The summed E-state index contributed by atoms with van der Waals surface area (Å²) in [6.45, 7) is 9.36. The van der Waals surface area contributed by atoms with Crippen LogP contribution in [0.4, 0.5) is 0 Å². The van der Waals surface area contributed by atoms with Gasteiger partial charge in [0.2, 0.25) is 0 Å². The highest BCUT2D eigenvalue weighted by Gasteiger charge is 2.07. The SMILES string of the molecule is CC.CC.COC(C)=O.COc1cccc(OC(=O)c2ccccc2)c1. The second-order valence-corrected chi connectivity index (χ2v) is 4.13. The highest BCUT2D eigenvalue weighted by atomic mass is 16.5.